The molecule has 21 heavy (non-hydrogen) atoms. The van der Waals surface area contributed by atoms with Gasteiger partial charge in [0.05, 0.1) is 18.8 Å². The lowest BCUT2D eigenvalue weighted by Crippen LogP contribution is -2.54. The van der Waals surface area contributed by atoms with Crippen LogP contribution in [0.15, 0.2) is 16.9 Å². The van der Waals surface area contributed by atoms with E-state index in [4.69, 9.17) is 15.0 Å². The van der Waals surface area contributed by atoms with Gasteiger partial charge in [0.15, 0.2) is 0 Å². The monoisotopic (exact) mass is 297 g/mol. The largest absolute Gasteiger partial charge is 0.382 e. The van der Waals surface area contributed by atoms with Gasteiger partial charge in [-0.3, -0.25) is 9.69 Å². The second-order valence-corrected chi connectivity index (χ2v) is 5.11. The fraction of sp³-hybridized carbons (Fsp3) is 0.750. The Morgan fingerprint density at radius 3 is 3.00 bits per heavy atom. The Bertz CT molecular complexity index is 490. The summed E-state index contributed by atoms with van der Waals surface area (Å²) >= 11 is 0. The molecular weight excluding hydrogens is 278 g/mol. The first-order valence-corrected chi connectivity index (χ1v) is 6.59. The van der Waals surface area contributed by atoms with Crippen molar-refractivity contribution in [2.75, 3.05) is 20.8 Å². The van der Waals surface area contributed by atoms with E-state index in [-0.39, 0.29) is 18.1 Å². The van der Waals surface area contributed by atoms with Crippen molar-refractivity contribution in [2.24, 2.45) is 5.11 Å². The highest BCUT2D eigenvalue weighted by atomic mass is 16.6. The number of nitrogens with zero attached hydrogens (tertiary/aromatic N) is 5. The highest BCUT2D eigenvalue weighted by Gasteiger charge is 2.41. The molecule has 1 N–H and O–H groups in total. The minimum atomic E-state index is -1.11. The Morgan fingerprint density at radius 2 is 2.38 bits per heavy atom. The first-order chi connectivity index (χ1) is 9.99. The van der Waals surface area contributed by atoms with Gasteiger partial charge in [0.2, 0.25) is 6.35 Å². The number of aliphatic hydroxyl groups excluding tert-OH is 1. The van der Waals surface area contributed by atoms with Crippen molar-refractivity contribution in [3.05, 3.63) is 22.2 Å². The minimum Gasteiger partial charge on any atom is -0.382 e. The number of ether oxygens (including phenoxy) is 2. The van der Waals surface area contributed by atoms with Crippen LogP contribution < -0.4 is 0 Å². The summed E-state index contributed by atoms with van der Waals surface area (Å²) in [5, 5.41) is 13.9. The first-order valence-electron chi connectivity index (χ1n) is 6.59. The van der Waals surface area contributed by atoms with Crippen molar-refractivity contribution in [1.29, 1.82) is 0 Å². The number of likely N-dealkylation sites (N-methyl/N-ethyl adjacent to an activating group) is 1. The predicted molar refractivity (Wildman–Crippen MR) is 72.5 cm³/mol. The Morgan fingerprint density at radius 1 is 1.67 bits per heavy atom. The van der Waals surface area contributed by atoms with Crippen LogP contribution >= 0.6 is 0 Å². The average molecular weight is 297 g/mol. The van der Waals surface area contributed by atoms with Gasteiger partial charge < -0.3 is 19.5 Å². The molecule has 0 bridgehead atoms. The fourth-order valence-electron chi connectivity index (χ4n) is 2.56. The molecule has 0 saturated carbocycles. The second kappa shape index (κ2) is 6.31. The van der Waals surface area contributed by atoms with E-state index in [0.717, 1.165) is 0 Å². The van der Waals surface area contributed by atoms with E-state index in [1.54, 1.807) is 18.0 Å². The highest BCUT2D eigenvalue weighted by Crippen LogP contribution is 2.30. The number of hydrogen-bond donors (Lipinski definition) is 1. The number of azide groups is 1. The van der Waals surface area contributed by atoms with Crippen molar-refractivity contribution in [3.63, 3.8) is 0 Å². The van der Waals surface area contributed by atoms with Gasteiger partial charge in [-0.2, -0.15) is 0 Å². The smallest absolute Gasteiger partial charge is 0.254 e. The fourth-order valence-corrected chi connectivity index (χ4v) is 2.56. The molecule has 2 aliphatic heterocycles. The number of carbonyl (C=O) groups is 1. The summed E-state index contributed by atoms with van der Waals surface area (Å²) in [7, 11) is 3.05. The molecule has 2 aliphatic rings. The molecule has 9 nitrogen and oxygen atoms in total. The second-order valence-electron chi connectivity index (χ2n) is 5.11. The number of aliphatic hydroxyl groups is 1. The van der Waals surface area contributed by atoms with Gasteiger partial charge in [0, 0.05) is 37.3 Å². The molecule has 0 aromatic heterocycles. The van der Waals surface area contributed by atoms with Gasteiger partial charge in [-0.05, 0) is 12.5 Å². The third kappa shape index (κ3) is 2.96. The third-order valence-electron chi connectivity index (χ3n) is 3.68. The normalized spacial score (nSPS) is 33.0. The molecule has 0 aromatic carbocycles. The molecular formula is C12H19N5O4. The standard InChI is InChI=1S/C12H19N5O4/c1-7-5-17(12(19)16(2)11(7)18)10-4-8(14-15-13)9(21-10)6-20-3/h5,8-10,12,19H,4,6H2,1-3H3/t8?,9-,10-,12?/m1/s1. The van der Waals surface area contributed by atoms with Crippen LogP contribution in [0.3, 0.4) is 0 Å². The van der Waals surface area contributed by atoms with Crippen LogP contribution in [0.1, 0.15) is 13.3 Å². The summed E-state index contributed by atoms with van der Waals surface area (Å²) in [5.41, 5.74) is 9.12. The van der Waals surface area contributed by atoms with Crippen molar-refractivity contribution in [2.45, 2.75) is 38.1 Å². The molecule has 1 amide bonds. The third-order valence-corrected chi connectivity index (χ3v) is 3.68. The van der Waals surface area contributed by atoms with Gasteiger partial charge in [0.25, 0.3) is 5.91 Å². The van der Waals surface area contributed by atoms with E-state index >= 15 is 0 Å². The molecule has 116 valence electrons. The van der Waals surface area contributed by atoms with E-state index in [0.29, 0.717) is 18.6 Å². The van der Waals surface area contributed by atoms with Crippen LogP contribution in [-0.2, 0) is 14.3 Å². The number of amides is 1. The maximum Gasteiger partial charge on any atom is 0.254 e. The molecule has 1 saturated heterocycles. The maximum absolute atomic E-state index is 11.8. The molecule has 2 heterocycles. The van der Waals surface area contributed by atoms with E-state index in [2.05, 4.69) is 10.0 Å². The Hall–Kier alpha value is -1.80. The van der Waals surface area contributed by atoms with Gasteiger partial charge in [-0.25, -0.2) is 0 Å². The summed E-state index contributed by atoms with van der Waals surface area (Å²) < 4.78 is 10.9. The molecule has 4 atom stereocenters. The van der Waals surface area contributed by atoms with Crippen LogP contribution in [0.5, 0.6) is 0 Å². The van der Waals surface area contributed by atoms with E-state index in [1.807, 2.05) is 0 Å². The molecule has 0 spiro atoms. The van der Waals surface area contributed by atoms with Gasteiger partial charge in [-0.15, -0.1) is 0 Å². The topological polar surface area (TPSA) is 111 Å². The van der Waals surface area contributed by atoms with Crippen molar-refractivity contribution in [3.8, 4) is 0 Å². The lowest BCUT2D eigenvalue weighted by molar-refractivity contribution is -0.176. The van der Waals surface area contributed by atoms with E-state index in [1.165, 1.54) is 19.1 Å². The Kier molecular flexibility index (Phi) is 4.69. The van der Waals surface area contributed by atoms with Crippen molar-refractivity contribution < 1.29 is 19.4 Å². The molecule has 2 unspecified atom stereocenters. The lowest BCUT2D eigenvalue weighted by Gasteiger charge is -2.40. The zero-order valence-corrected chi connectivity index (χ0v) is 12.2. The molecule has 0 aromatic rings. The first kappa shape index (κ1) is 15.6. The number of rotatable bonds is 4. The summed E-state index contributed by atoms with van der Waals surface area (Å²) in [6, 6.07) is -0.371. The van der Waals surface area contributed by atoms with Gasteiger partial charge in [0.1, 0.15) is 6.23 Å². The summed E-state index contributed by atoms with van der Waals surface area (Å²) in [4.78, 5) is 17.4. The van der Waals surface area contributed by atoms with E-state index in [9.17, 15) is 9.90 Å². The lowest BCUT2D eigenvalue weighted by atomic mass is 10.1. The molecule has 9 heteroatoms. The van der Waals surface area contributed by atoms with Crippen LogP contribution in [0.25, 0.3) is 10.4 Å². The number of carbonyl (C=O) groups excluding carboxylic acids is 1. The molecule has 0 aliphatic carbocycles. The summed E-state index contributed by atoms with van der Waals surface area (Å²) in [6.07, 6.45) is 0.0149. The zero-order chi connectivity index (χ0) is 15.6. The zero-order valence-electron chi connectivity index (χ0n) is 12.2. The average Bonchev–Trinajstić information content (AvgIpc) is 2.84. The van der Waals surface area contributed by atoms with Crippen molar-refractivity contribution >= 4 is 5.91 Å². The number of hydrogen-bond acceptors (Lipinski definition) is 6. The van der Waals surface area contributed by atoms with Crippen LogP contribution in [0.2, 0.25) is 0 Å². The SMILES string of the molecule is COC[C@H]1O[C@@H](N2C=C(C)C(=O)N(C)C2O)CC1N=[N+]=[N-]. The molecule has 2 rings (SSSR count). The van der Waals surface area contributed by atoms with Gasteiger partial charge >= 0.3 is 0 Å². The quantitative estimate of drug-likeness (QED) is 0.458. The molecule has 1 fully saturated rings. The van der Waals surface area contributed by atoms with E-state index < -0.39 is 12.6 Å². The maximum atomic E-state index is 11.8. The van der Waals surface area contributed by atoms with Crippen LogP contribution in [-0.4, -0.2) is 66.3 Å². The highest BCUT2D eigenvalue weighted by molar-refractivity contribution is 5.93. The number of methoxy groups -OCH3 is 1. The van der Waals surface area contributed by atoms with Gasteiger partial charge in [-0.1, -0.05) is 5.11 Å². The molecule has 0 radical (unpaired) electrons. The van der Waals surface area contributed by atoms with Crippen molar-refractivity contribution in [1.82, 2.24) is 9.80 Å². The summed E-state index contributed by atoms with van der Waals surface area (Å²) in [5.74, 6) is -0.239. The van der Waals surface area contributed by atoms with Crippen LogP contribution in [0, 0.1) is 0 Å². The predicted octanol–water partition coefficient (Wildman–Crippen LogP) is 0.380. The summed E-state index contributed by atoms with van der Waals surface area (Å²) in [6.45, 7) is 1.96. The Labute approximate surface area is 122 Å². The Balaban J connectivity index is 2.18. The minimum absolute atomic E-state index is 0.239. The van der Waals surface area contributed by atoms with Crippen LogP contribution in [0.4, 0.5) is 0 Å².